The van der Waals surface area contributed by atoms with Crippen molar-refractivity contribution in [3.05, 3.63) is 78.0 Å². The van der Waals surface area contributed by atoms with Crippen LogP contribution in [0.5, 0.6) is 17.4 Å². The fourth-order valence-corrected chi connectivity index (χ4v) is 2.08. The van der Waals surface area contributed by atoms with Crippen LogP contribution >= 0.6 is 0 Å². The molecule has 0 aliphatic rings. The minimum Gasteiger partial charge on any atom is -0.508 e. The van der Waals surface area contributed by atoms with Gasteiger partial charge in [0.25, 0.3) is 5.91 Å². The molecule has 0 aliphatic heterocycles. The van der Waals surface area contributed by atoms with Crippen molar-refractivity contribution in [2.24, 2.45) is 0 Å². The number of phenols is 1. The summed E-state index contributed by atoms with van der Waals surface area (Å²) in [6, 6.07) is 11.8. The molecule has 0 atom stereocenters. The molecular formula is C18H12F2N2O3. The SMILES string of the molecule is O=C(Nc1ccc(F)cc1F)c1cccnc1Oc1cccc(O)c1. The number of hydrogen-bond acceptors (Lipinski definition) is 4. The van der Waals surface area contributed by atoms with E-state index in [-0.39, 0.29) is 28.6 Å². The Balaban J connectivity index is 1.85. The van der Waals surface area contributed by atoms with Gasteiger partial charge in [-0.3, -0.25) is 4.79 Å². The molecule has 3 rings (SSSR count). The predicted octanol–water partition coefficient (Wildman–Crippen LogP) is 4.11. The van der Waals surface area contributed by atoms with Crippen LogP contribution < -0.4 is 10.1 Å². The van der Waals surface area contributed by atoms with Crippen molar-refractivity contribution in [3.63, 3.8) is 0 Å². The maximum atomic E-state index is 13.7. The van der Waals surface area contributed by atoms with Crippen LogP contribution in [0, 0.1) is 11.6 Å². The summed E-state index contributed by atoms with van der Waals surface area (Å²) >= 11 is 0. The number of anilines is 1. The number of rotatable bonds is 4. The number of carbonyl (C=O) groups excluding carboxylic acids is 1. The average Bonchev–Trinajstić information content (AvgIpc) is 2.58. The van der Waals surface area contributed by atoms with Crippen LogP contribution in [-0.4, -0.2) is 16.0 Å². The topological polar surface area (TPSA) is 71.5 Å². The van der Waals surface area contributed by atoms with Crippen molar-refractivity contribution in [3.8, 4) is 17.4 Å². The van der Waals surface area contributed by atoms with Crippen LogP contribution in [0.15, 0.2) is 60.8 Å². The second-order valence-electron chi connectivity index (χ2n) is 5.03. The van der Waals surface area contributed by atoms with Crippen molar-refractivity contribution in [1.82, 2.24) is 4.98 Å². The Kier molecular flexibility index (Phi) is 4.56. The van der Waals surface area contributed by atoms with Gasteiger partial charge in [-0.25, -0.2) is 13.8 Å². The van der Waals surface area contributed by atoms with Gasteiger partial charge >= 0.3 is 0 Å². The van der Waals surface area contributed by atoms with Crippen LogP contribution in [-0.2, 0) is 0 Å². The van der Waals surface area contributed by atoms with Gasteiger partial charge in [0, 0.05) is 18.3 Å². The third-order valence-corrected chi connectivity index (χ3v) is 3.23. The van der Waals surface area contributed by atoms with E-state index >= 15 is 0 Å². The first-order chi connectivity index (χ1) is 12.0. The second kappa shape index (κ2) is 6.96. The van der Waals surface area contributed by atoms with E-state index in [4.69, 9.17) is 4.74 Å². The highest BCUT2D eigenvalue weighted by Crippen LogP contribution is 2.26. The van der Waals surface area contributed by atoms with E-state index in [1.165, 1.54) is 30.5 Å². The summed E-state index contributed by atoms with van der Waals surface area (Å²) in [7, 11) is 0. The third kappa shape index (κ3) is 3.89. The summed E-state index contributed by atoms with van der Waals surface area (Å²) in [5.41, 5.74) is -0.117. The maximum absolute atomic E-state index is 13.7. The Hall–Kier alpha value is -3.48. The van der Waals surface area contributed by atoms with Gasteiger partial charge in [-0.05, 0) is 36.4 Å². The third-order valence-electron chi connectivity index (χ3n) is 3.23. The summed E-state index contributed by atoms with van der Waals surface area (Å²) in [5.74, 6) is -2.06. The fourth-order valence-electron chi connectivity index (χ4n) is 2.08. The van der Waals surface area contributed by atoms with Crippen molar-refractivity contribution in [2.45, 2.75) is 0 Å². The first kappa shape index (κ1) is 16.4. The molecule has 25 heavy (non-hydrogen) atoms. The zero-order chi connectivity index (χ0) is 17.8. The highest BCUT2D eigenvalue weighted by molar-refractivity contribution is 6.05. The first-order valence-corrected chi connectivity index (χ1v) is 7.21. The first-order valence-electron chi connectivity index (χ1n) is 7.21. The Bertz CT molecular complexity index is 932. The van der Waals surface area contributed by atoms with E-state index in [0.29, 0.717) is 6.07 Å². The molecule has 0 unspecified atom stereocenters. The summed E-state index contributed by atoms with van der Waals surface area (Å²) in [4.78, 5) is 16.4. The fraction of sp³-hybridized carbons (Fsp3) is 0. The Morgan fingerprint density at radius 1 is 1.08 bits per heavy atom. The molecular weight excluding hydrogens is 330 g/mol. The number of nitrogens with one attached hydrogen (secondary N) is 1. The van der Waals surface area contributed by atoms with E-state index < -0.39 is 17.5 Å². The molecule has 0 saturated heterocycles. The van der Waals surface area contributed by atoms with Crippen molar-refractivity contribution in [2.75, 3.05) is 5.32 Å². The summed E-state index contributed by atoms with van der Waals surface area (Å²) in [5, 5.41) is 11.8. The molecule has 1 heterocycles. The lowest BCUT2D eigenvalue weighted by Crippen LogP contribution is -2.14. The van der Waals surface area contributed by atoms with Gasteiger partial charge in [0.2, 0.25) is 5.88 Å². The van der Waals surface area contributed by atoms with E-state index in [1.807, 2.05) is 0 Å². The van der Waals surface area contributed by atoms with Crippen molar-refractivity contribution >= 4 is 11.6 Å². The minimum absolute atomic E-state index is 0.00665. The van der Waals surface area contributed by atoms with Gasteiger partial charge in [0.05, 0.1) is 5.69 Å². The number of halogens is 2. The van der Waals surface area contributed by atoms with Gasteiger partial charge in [0.15, 0.2) is 0 Å². The minimum atomic E-state index is -0.896. The molecule has 0 radical (unpaired) electrons. The molecule has 3 aromatic rings. The lowest BCUT2D eigenvalue weighted by molar-refractivity contribution is 0.102. The molecule has 7 heteroatoms. The number of aromatic nitrogens is 1. The van der Waals surface area contributed by atoms with Gasteiger partial charge < -0.3 is 15.2 Å². The van der Waals surface area contributed by atoms with Crippen molar-refractivity contribution < 1.29 is 23.4 Å². The molecule has 0 bridgehead atoms. The van der Waals surface area contributed by atoms with E-state index in [0.717, 1.165) is 12.1 Å². The molecule has 2 aromatic carbocycles. The number of benzene rings is 2. The second-order valence-corrected chi connectivity index (χ2v) is 5.03. The van der Waals surface area contributed by atoms with E-state index in [2.05, 4.69) is 10.3 Å². The van der Waals surface area contributed by atoms with Crippen molar-refractivity contribution in [1.29, 1.82) is 0 Å². The van der Waals surface area contributed by atoms with Gasteiger partial charge in [-0.15, -0.1) is 0 Å². The van der Waals surface area contributed by atoms with Crippen LogP contribution in [0.4, 0.5) is 14.5 Å². The van der Waals surface area contributed by atoms with E-state index in [1.54, 1.807) is 12.1 Å². The highest BCUT2D eigenvalue weighted by atomic mass is 19.1. The molecule has 5 nitrogen and oxygen atoms in total. The number of ether oxygens (including phenoxy) is 1. The average molecular weight is 342 g/mol. The van der Waals surface area contributed by atoms with Crippen LogP contribution in [0.3, 0.4) is 0 Å². The van der Waals surface area contributed by atoms with Crippen LogP contribution in [0.1, 0.15) is 10.4 Å². The molecule has 0 spiro atoms. The zero-order valence-electron chi connectivity index (χ0n) is 12.7. The van der Waals surface area contributed by atoms with Crippen LogP contribution in [0.2, 0.25) is 0 Å². The number of amides is 1. The van der Waals surface area contributed by atoms with E-state index in [9.17, 15) is 18.7 Å². The number of pyridine rings is 1. The maximum Gasteiger partial charge on any atom is 0.261 e. The molecule has 0 fully saturated rings. The summed E-state index contributed by atoms with van der Waals surface area (Å²) < 4.78 is 32.1. The number of aromatic hydroxyl groups is 1. The van der Waals surface area contributed by atoms with Crippen LogP contribution in [0.25, 0.3) is 0 Å². The molecule has 1 aromatic heterocycles. The number of hydrogen-bond donors (Lipinski definition) is 2. The predicted molar refractivity (Wildman–Crippen MR) is 86.7 cm³/mol. The zero-order valence-corrected chi connectivity index (χ0v) is 12.7. The molecule has 126 valence electrons. The summed E-state index contributed by atoms with van der Waals surface area (Å²) in [6.45, 7) is 0. The lowest BCUT2D eigenvalue weighted by Gasteiger charge is -2.11. The Labute approximate surface area is 141 Å². The summed E-state index contributed by atoms with van der Waals surface area (Å²) in [6.07, 6.45) is 1.42. The highest BCUT2D eigenvalue weighted by Gasteiger charge is 2.16. The molecule has 2 N–H and O–H groups in total. The number of phenolic OH excluding ortho intramolecular Hbond substituents is 1. The standard InChI is InChI=1S/C18H12F2N2O3/c19-11-6-7-16(15(20)9-11)22-17(24)14-5-2-8-21-18(14)25-13-4-1-3-12(23)10-13/h1-10,23H,(H,22,24). The van der Waals surface area contributed by atoms with Gasteiger partial charge in [0.1, 0.15) is 28.7 Å². The number of carbonyl (C=O) groups is 1. The Morgan fingerprint density at radius 3 is 2.68 bits per heavy atom. The molecule has 0 aliphatic carbocycles. The lowest BCUT2D eigenvalue weighted by atomic mass is 10.2. The molecule has 0 saturated carbocycles. The molecule has 1 amide bonds. The largest absolute Gasteiger partial charge is 0.508 e. The van der Waals surface area contributed by atoms with Gasteiger partial charge in [-0.2, -0.15) is 0 Å². The number of nitrogens with zero attached hydrogens (tertiary/aromatic N) is 1. The smallest absolute Gasteiger partial charge is 0.261 e. The normalized spacial score (nSPS) is 10.3. The monoisotopic (exact) mass is 342 g/mol. The quantitative estimate of drug-likeness (QED) is 0.748. The Morgan fingerprint density at radius 2 is 1.92 bits per heavy atom. The van der Waals surface area contributed by atoms with Gasteiger partial charge in [-0.1, -0.05) is 6.07 Å².